The van der Waals surface area contributed by atoms with Crippen molar-refractivity contribution < 1.29 is 14.3 Å². The van der Waals surface area contributed by atoms with Crippen LogP contribution in [0.1, 0.15) is 13.3 Å². The summed E-state index contributed by atoms with van der Waals surface area (Å²) < 4.78 is 10.1. The predicted molar refractivity (Wildman–Crippen MR) is 65.9 cm³/mol. The molecular weight excluding hydrogens is 220 g/mol. The van der Waals surface area contributed by atoms with E-state index in [1.807, 2.05) is 4.90 Å². The van der Waals surface area contributed by atoms with Crippen LogP contribution in [0.3, 0.4) is 0 Å². The van der Waals surface area contributed by atoms with Crippen molar-refractivity contribution in [3.05, 3.63) is 0 Å². The van der Waals surface area contributed by atoms with Crippen molar-refractivity contribution >= 4 is 5.91 Å². The molecule has 1 rings (SSSR count). The predicted octanol–water partition coefficient (Wildman–Crippen LogP) is 0.106. The van der Waals surface area contributed by atoms with Gasteiger partial charge in [-0.3, -0.25) is 4.79 Å². The number of amides is 1. The van der Waals surface area contributed by atoms with E-state index in [-0.39, 0.29) is 17.9 Å². The summed E-state index contributed by atoms with van der Waals surface area (Å²) in [4.78, 5) is 14.2. The molecule has 0 aromatic heterocycles. The molecule has 0 spiro atoms. The van der Waals surface area contributed by atoms with Gasteiger partial charge in [-0.15, -0.1) is 0 Å². The molecular formula is C12H24N2O3. The molecule has 5 nitrogen and oxygen atoms in total. The van der Waals surface area contributed by atoms with E-state index in [2.05, 4.69) is 12.2 Å². The van der Waals surface area contributed by atoms with Crippen molar-refractivity contribution in [1.29, 1.82) is 0 Å². The number of nitrogens with zero attached hydrogens (tertiary/aromatic N) is 1. The molecule has 0 aliphatic carbocycles. The normalized spacial score (nSPS) is 23.9. The number of nitrogens with one attached hydrogen (secondary N) is 1. The minimum absolute atomic E-state index is 0.101. The molecule has 1 aliphatic heterocycles. The quantitative estimate of drug-likeness (QED) is 0.690. The second-order valence-corrected chi connectivity index (χ2v) is 4.45. The highest BCUT2D eigenvalue weighted by molar-refractivity contribution is 5.80. The third-order valence-corrected chi connectivity index (χ3v) is 3.28. The maximum atomic E-state index is 12.3. The van der Waals surface area contributed by atoms with Gasteiger partial charge in [-0.1, -0.05) is 0 Å². The first-order chi connectivity index (χ1) is 8.20. The van der Waals surface area contributed by atoms with Gasteiger partial charge in [0.1, 0.15) is 0 Å². The lowest BCUT2D eigenvalue weighted by Crippen LogP contribution is -2.43. The van der Waals surface area contributed by atoms with Gasteiger partial charge in [-0.2, -0.15) is 0 Å². The second-order valence-electron chi connectivity index (χ2n) is 4.45. The molecule has 1 saturated heterocycles. The highest BCUT2D eigenvalue weighted by Crippen LogP contribution is 2.18. The van der Waals surface area contributed by atoms with Crippen LogP contribution in [0.4, 0.5) is 0 Å². The zero-order chi connectivity index (χ0) is 12.7. The SMILES string of the molecule is COCCN(CCOC)C(=O)C1CCNC1C. The third kappa shape index (κ3) is 4.26. The summed E-state index contributed by atoms with van der Waals surface area (Å²) in [6.45, 7) is 5.43. The van der Waals surface area contributed by atoms with E-state index in [9.17, 15) is 4.79 Å². The summed E-state index contributed by atoms with van der Waals surface area (Å²) in [6, 6.07) is 0.273. The van der Waals surface area contributed by atoms with E-state index in [0.717, 1.165) is 13.0 Å². The monoisotopic (exact) mass is 244 g/mol. The Morgan fingerprint density at radius 2 is 1.88 bits per heavy atom. The van der Waals surface area contributed by atoms with Gasteiger partial charge in [0.25, 0.3) is 0 Å². The van der Waals surface area contributed by atoms with Gasteiger partial charge >= 0.3 is 0 Å². The largest absolute Gasteiger partial charge is 0.383 e. The van der Waals surface area contributed by atoms with Crippen molar-refractivity contribution in [3.63, 3.8) is 0 Å². The molecule has 1 aliphatic rings. The molecule has 1 amide bonds. The Morgan fingerprint density at radius 3 is 2.29 bits per heavy atom. The zero-order valence-electron chi connectivity index (χ0n) is 11.1. The Labute approximate surface area is 103 Å². The highest BCUT2D eigenvalue weighted by Gasteiger charge is 2.32. The first-order valence-corrected chi connectivity index (χ1v) is 6.20. The standard InChI is InChI=1S/C12H24N2O3/c1-10-11(4-5-13-10)12(15)14(6-8-16-2)7-9-17-3/h10-11,13H,4-9H2,1-3H3. The Kier molecular flexibility index (Phi) is 6.47. The average Bonchev–Trinajstić information content (AvgIpc) is 2.75. The molecule has 1 fully saturated rings. The number of methoxy groups -OCH3 is 2. The summed E-state index contributed by atoms with van der Waals surface area (Å²) in [5.74, 6) is 0.320. The van der Waals surface area contributed by atoms with Crippen LogP contribution >= 0.6 is 0 Å². The molecule has 17 heavy (non-hydrogen) atoms. The van der Waals surface area contributed by atoms with Crippen molar-refractivity contribution in [2.24, 2.45) is 5.92 Å². The number of hydrogen-bond donors (Lipinski definition) is 1. The van der Waals surface area contributed by atoms with E-state index in [4.69, 9.17) is 9.47 Å². The highest BCUT2D eigenvalue weighted by atomic mass is 16.5. The number of carbonyl (C=O) groups is 1. The van der Waals surface area contributed by atoms with E-state index in [0.29, 0.717) is 26.3 Å². The molecule has 0 radical (unpaired) electrons. The molecule has 100 valence electrons. The van der Waals surface area contributed by atoms with Gasteiger partial charge in [0.05, 0.1) is 19.1 Å². The van der Waals surface area contributed by atoms with Crippen LogP contribution in [0, 0.1) is 5.92 Å². The van der Waals surface area contributed by atoms with Crippen LogP contribution in [0.5, 0.6) is 0 Å². The van der Waals surface area contributed by atoms with Crippen molar-refractivity contribution in [2.45, 2.75) is 19.4 Å². The fraction of sp³-hybridized carbons (Fsp3) is 0.917. The van der Waals surface area contributed by atoms with Crippen LogP contribution in [-0.4, -0.2) is 63.9 Å². The fourth-order valence-corrected chi connectivity index (χ4v) is 2.17. The molecule has 0 aromatic carbocycles. The zero-order valence-corrected chi connectivity index (χ0v) is 11.1. The lowest BCUT2D eigenvalue weighted by atomic mass is 10.0. The molecule has 1 heterocycles. The van der Waals surface area contributed by atoms with Crippen LogP contribution in [0.25, 0.3) is 0 Å². The summed E-state index contributed by atoms with van der Waals surface area (Å²) in [7, 11) is 3.30. The number of ether oxygens (including phenoxy) is 2. The average molecular weight is 244 g/mol. The van der Waals surface area contributed by atoms with Gasteiger partial charge in [0, 0.05) is 33.4 Å². The molecule has 5 heteroatoms. The number of carbonyl (C=O) groups excluding carboxylic acids is 1. The van der Waals surface area contributed by atoms with E-state index in [1.54, 1.807) is 14.2 Å². The van der Waals surface area contributed by atoms with Crippen LogP contribution in [0.15, 0.2) is 0 Å². The number of rotatable bonds is 7. The molecule has 2 unspecified atom stereocenters. The summed E-state index contributed by atoms with van der Waals surface area (Å²) >= 11 is 0. The van der Waals surface area contributed by atoms with Gasteiger partial charge in [0.15, 0.2) is 0 Å². The van der Waals surface area contributed by atoms with E-state index >= 15 is 0 Å². The fourth-order valence-electron chi connectivity index (χ4n) is 2.17. The van der Waals surface area contributed by atoms with Gasteiger partial charge in [-0.05, 0) is 19.9 Å². The Hall–Kier alpha value is -0.650. The van der Waals surface area contributed by atoms with Gasteiger partial charge in [0.2, 0.25) is 5.91 Å². The minimum atomic E-state index is 0.101. The first kappa shape index (κ1) is 14.4. The topological polar surface area (TPSA) is 50.8 Å². The molecule has 0 aromatic rings. The maximum Gasteiger partial charge on any atom is 0.227 e. The Bertz CT molecular complexity index is 228. The third-order valence-electron chi connectivity index (χ3n) is 3.28. The summed E-state index contributed by atoms with van der Waals surface area (Å²) in [5.41, 5.74) is 0. The van der Waals surface area contributed by atoms with Crippen LogP contribution in [-0.2, 0) is 14.3 Å². The minimum Gasteiger partial charge on any atom is -0.383 e. The van der Waals surface area contributed by atoms with Crippen molar-refractivity contribution in [3.8, 4) is 0 Å². The maximum absolute atomic E-state index is 12.3. The van der Waals surface area contributed by atoms with Gasteiger partial charge in [-0.25, -0.2) is 0 Å². The van der Waals surface area contributed by atoms with Gasteiger partial charge < -0.3 is 19.7 Å². The lowest BCUT2D eigenvalue weighted by molar-refractivity contribution is -0.137. The molecule has 1 N–H and O–H groups in total. The second kappa shape index (κ2) is 7.63. The molecule has 0 bridgehead atoms. The van der Waals surface area contributed by atoms with E-state index < -0.39 is 0 Å². The summed E-state index contributed by atoms with van der Waals surface area (Å²) in [6.07, 6.45) is 0.927. The van der Waals surface area contributed by atoms with Crippen LogP contribution in [0.2, 0.25) is 0 Å². The summed E-state index contributed by atoms with van der Waals surface area (Å²) in [5, 5.41) is 3.31. The Morgan fingerprint density at radius 1 is 1.29 bits per heavy atom. The van der Waals surface area contributed by atoms with E-state index in [1.165, 1.54) is 0 Å². The Balaban J connectivity index is 2.51. The lowest BCUT2D eigenvalue weighted by Gasteiger charge is -2.26. The number of hydrogen-bond acceptors (Lipinski definition) is 4. The van der Waals surface area contributed by atoms with Crippen LogP contribution < -0.4 is 5.32 Å². The van der Waals surface area contributed by atoms with Crippen molar-refractivity contribution in [2.75, 3.05) is 47.1 Å². The first-order valence-electron chi connectivity index (χ1n) is 6.20. The molecule has 0 saturated carbocycles. The smallest absolute Gasteiger partial charge is 0.227 e. The molecule has 2 atom stereocenters. The van der Waals surface area contributed by atoms with Crippen molar-refractivity contribution in [1.82, 2.24) is 10.2 Å².